The van der Waals surface area contributed by atoms with Crippen molar-refractivity contribution < 1.29 is 5.11 Å². The molecule has 0 bridgehead atoms. The number of hydrogen-bond acceptors (Lipinski definition) is 5. The van der Waals surface area contributed by atoms with Gasteiger partial charge >= 0.3 is 0 Å². The largest absolute Gasteiger partial charge is 0.391 e. The van der Waals surface area contributed by atoms with Crippen molar-refractivity contribution in [3.8, 4) is 0 Å². The molecule has 1 aromatic rings. The predicted molar refractivity (Wildman–Crippen MR) is 73.0 cm³/mol. The SMILES string of the molecule is CCCNc1cc(N2CCC(O)C2)nc(CC)n1. The van der Waals surface area contributed by atoms with E-state index in [4.69, 9.17) is 0 Å². The quantitative estimate of drug-likeness (QED) is 0.828. The Morgan fingerprint density at radius 2 is 2.28 bits per heavy atom. The van der Waals surface area contributed by atoms with Crippen LogP contribution in [-0.2, 0) is 6.42 Å². The predicted octanol–water partition coefficient (Wildman–Crippen LogP) is 1.43. The maximum absolute atomic E-state index is 9.60. The Bertz CT molecular complexity index is 397. The van der Waals surface area contributed by atoms with Crippen molar-refractivity contribution >= 4 is 11.6 Å². The Labute approximate surface area is 108 Å². The lowest BCUT2D eigenvalue weighted by atomic mass is 10.3. The van der Waals surface area contributed by atoms with Gasteiger partial charge in [-0.1, -0.05) is 13.8 Å². The van der Waals surface area contributed by atoms with Gasteiger partial charge in [0.25, 0.3) is 0 Å². The molecule has 2 rings (SSSR count). The fourth-order valence-corrected chi connectivity index (χ4v) is 2.10. The number of aromatic nitrogens is 2. The summed E-state index contributed by atoms with van der Waals surface area (Å²) in [4.78, 5) is 11.1. The Morgan fingerprint density at radius 3 is 2.89 bits per heavy atom. The average molecular weight is 250 g/mol. The van der Waals surface area contributed by atoms with E-state index in [1.165, 1.54) is 0 Å². The van der Waals surface area contributed by atoms with Gasteiger partial charge in [-0.15, -0.1) is 0 Å². The molecule has 0 amide bonds. The average Bonchev–Trinajstić information content (AvgIpc) is 2.82. The molecule has 1 unspecified atom stereocenters. The zero-order valence-electron chi connectivity index (χ0n) is 11.2. The van der Waals surface area contributed by atoms with E-state index < -0.39 is 0 Å². The smallest absolute Gasteiger partial charge is 0.134 e. The lowest BCUT2D eigenvalue weighted by Gasteiger charge is -2.18. The number of aliphatic hydroxyl groups excluding tert-OH is 1. The van der Waals surface area contributed by atoms with Crippen LogP contribution in [0.15, 0.2) is 6.07 Å². The van der Waals surface area contributed by atoms with E-state index in [1.807, 2.05) is 6.07 Å². The van der Waals surface area contributed by atoms with Crippen molar-refractivity contribution in [3.05, 3.63) is 11.9 Å². The number of β-amino-alcohol motifs (C(OH)–C–C–N with tert-alkyl or cyclic N) is 1. The fourth-order valence-electron chi connectivity index (χ4n) is 2.10. The molecule has 0 spiro atoms. The van der Waals surface area contributed by atoms with Crippen LogP contribution in [0.3, 0.4) is 0 Å². The van der Waals surface area contributed by atoms with Crippen molar-refractivity contribution in [2.75, 3.05) is 29.9 Å². The molecule has 1 fully saturated rings. The van der Waals surface area contributed by atoms with E-state index in [9.17, 15) is 5.11 Å². The topological polar surface area (TPSA) is 61.3 Å². The minimum atomic E-state index is -0.225. The number of aliphatic hydroxyl groups is 1. The summed E-state index contributed by atoms with van der Waals surface area (Å²) in [6.45, 7) is 6.65. The number of anilines is 2. The molecule has 0 radical (unpaired) electrons. The van der Waals surface area contributed by atoms with Crippen LogP contribution < -0.4 is 10.2 Å². The zero-order valence-corrected chi connectivity index (χ0v) is 11.2. The van der Waals surface area contributed by atoms with Crippen LogP contribution in [0.5, 0.6) is 0 Å². The number of nitrogens with zero attached hydrogens (tertiary/aromatic N) is 3. The van der Waals surface area contributed by atoms with Gasteiger partial charge in [0.2, 0.25) is 0 Å². The Kier molecular flexibility index (Phi) is 4.36. The van der Waals surface area contributed by atoms with Crippen LogP contribution in [0.25, 0.3) is 0 Å². The molecule has 1 saturated heterocycles. The summed E-state index contributed by atoms with van der Waals surface area (Å²) in [5.74, 6) is 2.67. The van der Waals surface area contributed by atoms with Gasteiger partial charge in [-0.05, 0) is 12.8 Å². The molecule has 0 saturated carbocycles. The van der Waals surface area contributed by atoms with E-state index >= 15 is 0 Å². The summed E-state index contributed by atoms with van der Waals surface area (Å²) in [5, 5.41) is 12.9. The van der Waals surface area contributed by atoms with Crippen LogP contribution in [0.1, 0.15) is 32.5 Å². The molecule has 0 aromatic carbocycles. The lowest BCUT2D eigenvalue weighted by Crippen LogP contribution is -2.23. The molecule has 2 heterocycles. The highest BCUT2D eigenvalue weighted by molar-refractivity contribution is 5.50. The van der Waals surface area contributed by atoms with Crippen LogP contribution in [-0.4, -0.2) is 40.8 Å². The summed E-state index contributed by atoms with van der Waals surface area (Å²) < 4.78 is 0. The van der Waals surface area contributed by atoms with Crippen LogP contribution in [0, 0.1) is 0 Å². The van der Waals surface area contributed by atoms with Gasteiger partial charge in [-0.25, -0.2) is 9.97 Å². The molecule has 2 N–H and O–H groups in total. The molecule has 100 valence electrons. The monoisotopic (exact) mass is 250 g/mol. The first kappa shape index (κ1) is 13.1. The van der Waals surface area contributed by atoms with Crippen LogP contribution in [0.2, 0.25) is 0 Å². The van der Waals surface area contributed by atoms with Crippen molar-refractivity contribution in [1.82, 2.24) is 9.97 Å². The second-order valence-electron chi connectivity index (χ2n) is 4.70. The Morgan fingerprint density at radius 1 is 1.44 bits per heavy atom. The summed E-state index contributed by atoms with van der Waals surface area (Å²) in [6.07, 6.45) is 2.49. The first-order chi connectivity index (χ1) is 8.72. The molecule has 1 aliphatic rings. The van der Waals surface area contributed by atoms with E-state index in [-0.39, 0.29) is 6.10 Å². The molecule has 1 atom stereocenters. The maximum Gasteiger partial charge on any atom is 0.134 e. The highest BCUT2D eigenvalue weighted by Gasteiger charge is 2.22. The third-order valence-corrected chi connectivity index (χ3v) is 3.12. The Hall–Kier alpha value is -1.36. The molecule has 5 heteroatoms. The van der Waals surface area contributed by atoms with Crippen molar-refractivity contribution in [2.45, 2.75) is 39.2 Å². The summed E-state index contributed by atoms with van der Waals surface area (Å²) in [7, 11) is 0. The van der Waals surface area contributed by atoms with E-state index in [0.29, 0.717) is 6.54 Å². The summed E-state index contributed by atoms with van der Waals surface area (Å²) in [5.41, 5.74) is 0. The first-order valence-corrected chi connectivity index (χ1v) is 6.77. The highest BCUT2D eigenvalue weighted by Crippen LogP contribution is 2.21. The maximum atomic E-state index is 9.60. The van der Waals surface area contributed by atoms with Crippen molar-refractivity contribution in [2.24, 2.45) is 0 Å². The molecule has 5 nitrogen and oxygen atoms in total. The van der Waals surface area contributed by atoms with E-state index in [1.54, 1.807) is 0 Å². The number of rotatable bonds is 5. The molecular weight excluding hydrogens is 228 g/mol. The second kappa shape index (κ2) is 6.00. The Balaban J connectivity index is 2.17. The summed E-state index contributed by atoms with van der Waals surface area (Å²) in [6, 6.07) is 1.98. The van der Waals surface area contributed by atoms with E-state index in [2.05, 4.69) is 34.0 Å². The van der Waals surface area contributed by atoms with Gasteiger partial charge in [-0.2, -0.15) is 0 Å². The first-order valence-electron chi connectivity index (χ1n) is 6.77. The lowest BCUT2D eigenvalue weighted by molar-refractivity contribution is 0.198. The van der Waals surface area contributed by atoms with Gasteiger partial charge in [-0.3, -0.25) is 0 Å². The highest BCUT2D eigenvalue weighted by atomic mass is 16.3. The summed E-state index contributed by atoms with van der Waals surface area (Å²) >= 11 is 0. The van der Waals surface area contributed by atoms with Gasteiger partial charge in [0.05, 0.1) is 6.10 Å². The fraction of sp³-hybridized carbons (Fsp3) is 0.692. The van der Waals surface area contributed by atoms with Gasteiger partial charge in [0, 0.05) is 32.1 Å². The van der Waals surface area contributed by atoms with Crippen LogP contribution in [0.4, 0.5) is 11.6 Å². The third kappa shape index (κ3) is 3.10. The molecule has 1 aromatic heterocycles. The normalized spacial score (nSPS) is 19.3. The molecule has 18 heavy (non-hydrogen) atoms. The molecule has 0 aliphatic carbocycles. The van der Waals surface area contributed by atoms with Gasteiger partial charge < -0.3 is 15.3 Å². The van der Waals surface area contributed by atoms with Gasteiger partial charge in [0.1, 0.15) is 17.5 Å². The minimum Gasteiger partial charge on any atom is -0.391 e. The number of hydrogen-bond donors (Lipinski definition) is 2. The van der Waals surface area contributed by atoms with Crippen molar-refractivity contribution in [1.29, 1.82) is 0 Å². The van der Waals surface area contributed by atoms with Crippen molar-refractivity contribution in [3.63, 3.8) is 0 Å². The minimum absolute atomic E-state index is 0.225. The second-order valence-corrected chi connectivity index (χ2v) is 4.70. The molecule has 1 aliphatic heterocycles. The number of nitrogens with one attached hydrogen (secondary N) is 1. The van der Waals surface area contributed by atoms with Gasteiger partial charge in [0.15, 0.2) is 0 Å². The zero-order chi connectivity index (χ0) is 13.0. The molecular formula is C13H22N4O. The van der Waals surface area contributed by atoms with E-state index in [0.717, 1.165) is 49.8 Å². The third-order valence-electron chi connectivity index (χ3n) is 3.12. The standard InChI is InChI=1S/C13H22N4O/c1-3-6-14-12-8-13(16-11(4-2)15-12)17-7-5-10(18)9-17/h8,10,18H,3-7,9H2,1-2H3,(H,14,15,16). The van der Waals surface area contributed by atoms with Crippen LogP contribution >= 0.6 is 0 Å². The number of aryl methyl sites for hydroxylation is 1.